The molecule has 5 aromatic carbocycles. The molecule has 0 saturated heterocycles. The second-order valence-electron chi connectivity index (χ2n) is 11.2. The molecular formula is C38H34N2O3. The number of imidazole rings is 1. The summed E-state index contributed by atoms with van der Waals surface area (Å²) in [6.07, 6.45) is 3.82. The zero-order valence-electron chi connectivity index (χ0n) is 24.5. The van der Waals surface area contributed by atoms with Crippen LogP contribution in [0.5, 0.6) is 0 Å². The first-order valence-corrected chi connectivity index (χ1v) is 14.5. The number of hydrogen-bond donors (Lipinski definition) is 1. The second-order valence-corrected chi connectivity index (χ2v) is 11.2. The fraction of sp³-hybridized carbons (Fsp3) is 0.158. The van der Waals surface area contributed by atoms with Crippen LogP contribution in [0.4, 0.5) is 0 Å². The van der Waals surface area contributed by atoms with Gasteiger partial charge in [0.25, 0.3) is 0 Å². The molecule has 1 unspecified atom stereocenters. The third kappa shape index (κ3) is 4.72. The summed E-state index contributed by atoms with van der Waals surface area (Å²) in [4.78, 5) is 17.0. The van der Waals surface area contributed by atoms with E-state index in [0.29, 0.717) is 11.3 Å². The van der Waals surface area contributed by atoms with E-state index in [0.717, 1.165) is 33.0 Å². The molecule has 0 radical (unpaired) electrons. The van der Waals surface area contributed by atoms with Crippen molar-refractivity contribution < 1.29 is 14.6 Å². The average Bonchev–Trinajstić information content (AvgIpc) is 3.56. The lowest BCUT2D eigenvalue weighted by Gasteiger charge is -2.37. The fourth-order valence-corrected chi connectivity index (χ4v) is 6.19. The molecule has 5 heteroatoms. The van der Waals surface area contributed by atoms with Gasteiger partial charge in [-0.05, 0) is 57.1 Å². The number of methoxy groups -OCH3 is 1. The molecular weight excluding hydrogens is 532 g/mol. The zero-order chi connectivity index (χ0) is 30.0. The number of aromatic nitrogens is 2. The van der Waals surface area contributed by atoms with Crippen molar-refractivity contribution in [3.8, 4) is 0 Å². The predicted molar refractivity (Wildman–Crippen MR) is 170 cm³/mol. The molecule has 0 amide bonds. The highest BCUT2D eigenvalue weighted by atomic mass is 16.5. The van der Waals surface area contributed by atoms with Crippen LogP contribution in [0.15, 0.2) is 140 Å². The minimum Gasteiger partial charge on any atom is -0.465 e. The monoisotopic (exact) mass is 566 g/mol. The van der Waals surface area contributed by atoms with E-state index in [9.17, 15) is 9.90 Å². The molecule has 6 rings (SSSR count). The Morgan fingerprint density at radius 2 is 1.23 bits per heavy atom. The lowest BCUT2D eigenvalue weighted by atomic mass is 9.76. The Morgan fingerprint density at radius 1 is 0.721 bits per heavy atom. The number of benzene rings is 5. The van der Waals surface area contributed by atoms with Crippen molar-refractivity contribution in [1.82, 2.24) is 9.55 Å². The Kier molecular flexibility index (Phi) is 7.43. The SMILES string of the molecule is COC(=O)c1ccc2cc(C(O)(c3cn(C(c4ccccc4)(c4ccccc4)c4ccccc4)cn3)C(C)C)ccc2c1. The average molecular weight is 567 g/mol. The molecule has 0 fully saturated rings. The molecule has 0 aliphatic carbocycles. The number of fused-ring (bicyclic) bond motifs is 1. The molecule has 0 spiro atoms. The largest absolute Gasteiger partial charge is 0.465 e. The van der Waals surface area contributed by atoms with Gasteiger partial charge in [-0.1, -0.05) is 123 Å². The summed E-state index contributed by atoms with van der Waals surface area (Å²) >= 11 is 0. The summed E-state index contributed by atoms with van der Waals surface area (Å²) in [5, 5.41) is 14.3. The van der Waals surface area contributed by atoms with Crippen LogP contribution in [-0.2, 0) is 15.9 Å². The molecule has 6 aromatic rings. The first-order valence-electron chi connectivity index (χ1n) is 14.5. The quantitative estimate of drug-likeness (QED) is 0.153. The predicted octanol–water partition coefficient (Wildman–Crippen LogP) is 7.56. The van der Waals surface area contributed by atoms with Crippen LogP contribution in [0, 0.1) is 5.92 Å². The van der Waals surface area contributed by atoms with Crippen LogP contribution in [0.2, 0.25) is 0 Å². The molecule has 0 saturated carbocycles. The Hall–Kier alpha value is -5.00. The molecule has 1 N–H and O–H groups in total. The standard InChI is InChI=1S/C38H34N2O3/c1-27(2)38(42,34-22-21-28-23-30(36(41)43-3)20-19-29(28)24-34)35-25-40(26-39-35)37(31-13-7-4-8-14-31,32-15-9-5-10-16-32)33-17-11-6-12-18-33/h4-27,42H,1-3H3. The van der Waals surface area contributed by atoms with Crippen LogP contribution < -0.4 is 0 Å². The molecule has 43 heavy (non-hydrogen) atoms. The highest BCUT2D eigenvalue weighted by Crippen LogP contribution is 2.43. The van der Waals surface area contributed by atoms with E-state index in [1.54, 1.807) is 6.07 Å². The summed E-state index contributed by atoms with van der Waals surface area (Å²) < 4.78 is 7.01. The summed E-state index contributed by atoms with van der Waals surface area (Å²) in [5.41, 5.74) is 2.90. The van der Waals surface area contributed by atoms with Gasteiger partial charge in [0.15, 0.2) is 0 Å². The van der Waals surface area contributed by atoms with Crippen molar-refractivity contribution in [2.75, 3.05) is 7.11 Å². The molecule has 0 aliphatic heterocycles. The lowest BCUT2D eigenvalue weighted by molar-refractivity contribution is 0.0279. The number of rotatable bonds is 8. The molecule has 5 nitrogen and oxygen atoms in total. The number of carbonyl (C=O) groups is 1. The minimum absolute atomic E-state index is 0.192. The van der Waals surface area contributed by atoms with E-state index >= 15 is 0 Å². The maximum absolute atomic E-state index is 12.5. The fourth-order valence-electron chi connectivity index (χ4n) is 6.19. The van der Waals surface area contributed by atoms with E-state index in [-0.39, 0.29) is 11.9 Å². The van der Waals surface area contributed by atoms with Crippen LogP contribution >= 0.6 is 0 Å². The van der Waals surface area contributed by atoms with Crippen molar-refractivity contribution in [3.63, 3.8) is 0 Å². The van der Waals surface area contributed by atoms with E-state index < -0.39 is 11.1 Å². The van der Waals surface area contributed by atoms with E-state index in [1.165, 1.54) is 7.11 Å². The summed E-state index contributed by atoms with van der Waals surface area (Å²) in [6.45, 7) is 4.00. The third-order valence-corrected chi connectivity index (χ3v) is 8.47. The number of carbonyl (C=O) groups excluding carboxylic acids is 1. The Morgan fingerprint density at radius 3 is 1.74 bits per heavy atom. The van der Waals surface area contributed by atoms with E-state index in [1.807, 2.05) is 74.9 Å². The van der Waals surface area contributed by atoms with Gasteiger partial charge >= 0.3 is 5.97 Å². The van der Waals surface area contributed by atoms with Crippen molar-refractivity contribution in [1.29, 1.82) is 0 Å². The summed E-state index contributed by atoms with van der Waals surface area (Å²) in [7, 11) is 1.37. The summed E-state index contributed by atoms with van der Waals surface area (Å²) in [5.74, 6) is -0.573. The van der Waals surface area contributed by atoms with Gasteiger partial charge in [-0.25, -0.2) is 9.78 Å². The van der Waals surface area contributed by atoms with E-state index in [2.05, 4.69) is 77.4 Å². The highest BCUT2D eigenvalue weighted by Gasteiger charge is 2.42. The summed E-state index contributed by atoms with van der Waals surface area (Å²) in [6, 6.07) is 42.5. The second kappa shape index (κ2) is 11.3. The first-order chi connectivity index (χ1) is 20.9. The van der Waals surface area contributed by atoms with Gasteiger partial charge in [0.05, 0.1) is 24.7 Å². The van der Waals surface area contributed by atoms with Crippen molar-refractivity contribution in [3.05, 3.63) is 173 Å². The molecule has 1 atom stereocenters. The number of ether oxygens (including phenoxy) is 1. The maximum atomic E-state index is 12.5. The van der Waals surface area contributed by atoms with Crippen molar-refractivity contribution in [2.24, 2.45) is 5.92 Å². The first kappa shape index (κ1) is 28.1. The normalized spacial score (nSPS) is 13.1. The Balaban J connectivity index is 1.55. The van der Waals surface area contributed by atoms with Gasteiger partial charge in [0.1, 0.15) is 11.1 Å². The van der Waals surface area contributed by atoms with Gasteiger partial charge in [0.2, 0.25) is 0 Å². The van der Waals surface area contributed by atoms with Crippen LogP contribution in [-0.4, -0.2) is 27.7 Å². The smallest absolute Gasteiger partial charge is 0.337 e. The third-order valence-electron chi connectivity index (χ3n) is 8.47. The van der Waals surface area contributed by atoms with Crippen LogP contribution in [0.25, 0.3) is 10.8 Å². The number of nitrogens with zero attached hydrogens (tertiary/aromatic N) is 2. The zero-order valence-corrected chi connectivity index (χ0v) is 24.5. The van der Waals surface area contributed by atoms with E-state index in [4.69, 9.17) is 9.72 Å². The molecule has 0 aliphatic rings. The van der Waals surface area contributed by atoms with Crippen LogP contribution in [0.3, 0.4) is 0 Å². The van der Waals surface area contributed by atoms with Gasteiger partial charge in [-0.15, -0.1) is 0 Å². The number of aliphatic hydroxyl groups is 1. The number of hydrogen-bond acceptors (Lipinski definition) is 4. The minimum atomic E-state index is -1.38. The number of esters is 1. The van der Waals surface area contributed by atoms with Gasteiger partial charge in [-0.2, -0.15) is 0 Å². The topological polar surface area (TPSA) is 64.3 Å². The lowest BCUT2D eigenvalue weighted by Crippen LogP contribution is -2.37. The molecule has 1 heterocycles. The van der Waals surface area contributed by atoms with Crippen LogP contribution in [0.1, 0.15) is 52.2 Å². The Labute approximate surface area is 252 Å². The highest BCUT2D eigenvalue weighted by molar-refractivity contribution is 5.95. The van der Waals surface area contributed by atoms with Gasteiger partial charge in [0, 0.05) is 6.20 Å². The van der Waals surface area contributed by atoms with Gasteiger partial charge in [-0.3, -0.25) is 0 Å². The molecule has 0 bridgehead atoms. The molecule has 214 valence electrons. The van der Waals surface area contributed by atoms with Crippen molar-refractivity contribution in [2.45, 2.75) is 25.0 Å². The Bertz CT molecular complexity index is 1770. The van der Waals surface area contributed by atoms with Crippen molar-refractivity contribution >= 4 is 16.7 Å². The maximum Gasteiger partial charge on any atom is 0.337 e. The molecule has 1 aromatic heterocycles. The van der Waals surface area contributed by atoms with Gasteiger partial charge < -0.3 is 14.4 Å².